The maximum Gasteiger partial charge on any atom is 0.348 e. The zero-order valence-electron chi connectivity index (χ0n) is 13.6. The smallest absolute Gasteiger partial charge is 0.348 e. The molecule has 0 aliphatic heterocycles. The van der Waals surface area contributed by atoms with E-state index in [1.807, 2.05) is 12.3 Å². The first-order chi connectivity index (χ1) is 12.0. The van der Waals surface area contributed by atoms with Gasteiger partial charge in [-0.1, -0.05) is 0 Å². The van der Waals surface area contributed by atoms with Crippen LogP contribution in [-0.2, 0) is 4.79 Å². The second-order valence-electron chi connectivity index (χ2n) is 5.40. The molecule has 1 atom stereocenters. The van der Waals surface area contributed by atoms with Crippen LogP contribution in [0, 0.1) is 6.92 Å². The lowest BCUT2D eigenvalue weighted by Gasteiger charge is -2.09. The average molecular weight is 360 g/mol. The second-order valence-corrected chi connectivity index (χ2v) is 6.26. The number of benzene rings is 1. The number of fused-ring (bicyclic) bond motifs is 1. The number of methoxy groups -OCH3 is 1. The molecule has 2 N–H and O–H groups in total. The van der Waals surface area contributed by atoms with Gasteiger partial charge in [-0.15, -0.1) is 11.3 Å². The van der Waals surface area contributed by atoms with Crippen molar-refractivity contribution >= 4 is 27.5 Å². The zero-order valence-corrected chi connectivity index (χ0v) is 14.5. The standard InChI is InChI=1S/C17H16N2O5S/c1-9-8-25-16-14(9)17(21)24-15(19-16)12(18)7-13(20)23-11-5-3-10(22-2)4-6-11/h3-6,8,12H,7,18H2,1-2H3. The fourth-order valence-corrected chi connectivity index (χ4v) is 3.18. The zero-order chi connectivity index (χ0) is 18.0. The van der Waals surface area contributed by atoms with Gasteiger partial charge in [0.05, 0.1) is 25.0 Å². The average Bonchev–Trinajstić information content (AvgIpc) is 2.97. The van der Waals surface area contributed by atoms with Gasteiger partial charge in [-0.05, 0) is 42.1 Å². The van der Waals surface area contributed by atoms with E-state index in [9.17, 15) is 9.59 Å². The van der Waals surface area contributed by atoms with E-state index in [2.05, 4.69) is 4.98 Å². The van der Waals surface area contributed by atoms with E-state index in [1.54, 1.807) is 31.4 Å². The van der Waals surface area contributed by atoms with Gasteiger partial charge in [-0.3, -0.25) is 4.79 Å². The van der Waals surface area contributed by atoms with Crippen molar-refractivity contribution in [3.8, 4) is 11.5 Å². The summed E-state index contributed by atoms with van der Waals surface area (Å²) in [7, 11) is 1.55. The molecule has 3 aromatic rings. The summed E-state index contributed by atoms with van der Waals surface area (Å²) in [4.78, 5) is 28.9. The first-order valence-electron chi connectivity index (χ1n) is 7.47. The van der Waals surface area contributed by atoms with Crippen LogP contribution in [0.5, 0.6) is 11.5 Å². The quantitative estimate of drug-likeness (QED) is 0.551. The molecule has 0 spiro atoms. The topological polar surface area (TPSA) is 105 Å². The summed E-state index contributed by atoms with van der Waals surface area (Å²) in [6, 6.07) is 5.71. The molecule has 0 saturated carbocycles. The van der Waals surface area contributed by atoms with Crippen LogP contribution in [0.1, 0.15) is 23.9 Å². The van der Waals surface area contributed by atoms with Crippen molar-refractivity contribution in [1.82, 2.24) is 4.98 Å². The third-order valence-electron chi connectivity index (χ3n) is 3.56. The molecule has 0 saturated heterocycles. The highest BCUT2D eigenvalue weighted by Crippen LogP contribution is 2.23. The van der Waals surface area contributed by atoms with Gasteiger partial charge in [-0.25, -0.2) is 9.78 Å². The highest BCUT2D eigenvalue weighted by molar-refractivity contribution is 7.16. The van der Waals surface area contributed by atoms with Crippen LogP contribution >= 0.6 is 11.3 Å². The number of esters is 1. The Morgan fingerprint density at radius 2 is 2.00 bits per heavy atom. The molecule has 7 nitrogen and oxygen atoms in total. The summed E-state index contributed by atoms with van der Waals surface area (Å²) in [6.45, 7) is 1.81. The van der Waals surface area contributed by atoms with E-state index in [0.29, 0.717) is 21.7 Å². The van der Waals surface area contributed by atoms with Crippen molar-refractivity contribution in [3.63, 3.8) is 0 Å². The minimum atomic E-state index is -0.870. The van der Waals surface area contributed by atoms with Crippen molar-refractivity contribution in [3.05, 3.63) is 51.5 Å². The van der Waals surface area contributed by atoms with E-state index in [0.717, 1.165) is 5.56 Å². The molecule has 3 rings (SSSR count). The number of carbonyl (C=O) groups excluding carboxylic acids is 1. The van der Waals surface area contributed by atoms with Crippen molar-refractivity contribution in [2.24, 2.45) is 5.73 Å². The lowest BCUT2D eigenvalue weighted by atomic mass is 10.2. The number of aromatic nitrogens is 1. The summed E-state index contributed by atoms with van der Waals surface area (Å²) >= 11 is 1.33. The Morgan fingerprint density at radius 1 is 1.32 bits per heavy atom. The maximum atomic E-state index is 12.0. The molecular weight excluding hydrogens is 344 g/mol. The summed E-state index contributed by atoms with van der Waals surface area (Å²) in [5.74, 6) is 0.495. The molecule has 0 aliphatic rings. The first-order valence-corrected chi connectivity index (χ1v) is 8.35. The molecular formula is C17H16N2O5S. The van der Waals surface area contributed by atoms with E-state index >= 15 is 0 Å². The Balaban J connectivity index is 1.71. The van der Waals surface area contributed by atoms with Gasteiger partial charge < -0.3 is 19.6 Å². The van der Waals surface area contributed by atoms with Gasteiger partial charge in [0, 0.05) is 0 Å². The molecule has 2 aromatic heterocycles. The second kappa shape index (κ2) is 7.04. The Labute approximate surface area is 147 Å². The molecule has 8 heteroatoms. The highest BCUT2D eigenvalue weighted by Gasteiger charge is 2.20. The SMILES string of the molecule is COc1ccc(OC(=O)CC(N)c2nc3scc(C)c3c(=O)o2)cc1. The normalized spacial score (nSPS) is 12.1. The number of rotatable bonds is 5. The Kier molecular flexibility index (Phi) is 4.82. The molecule has 0 radical (unpaired) electrons. The van der Waals surface area contributed by atoms with Crippen LogP contribution < -0.4 is 20.8 Å². The number of carbonyl (C=O) groups is 1. The van der Waals surface area contributed by atoms with E-state index in [4.69, 9.17) is 19.6 Å². The first kappa shape index (κ1) is 17.1. The maximum absolute atomic E-state index is 12.0. The van der Waals surface area contributed by atoms with Crippen LogP contribution in [0.3, 0.4) is 0 Å². The molecule has 1 aromatic carbocycles. The molecule has 2 heterocycles. The summed E-state index contributed by atoms with van der Waals surface area (Å²) < 4.78 is 15.4. The van der Waals surface area contributed by atoms with Gasteiger partial charge in [0.1, 0.15) is 16.3 Å². The number of nitrogens with two attached hydrogens (primary N) is 1. The van der Waals surface area contributed by atoms with E-state index < -0.39 is 17.6 Å². The van der Waals surface area contributed by atoms with Gasteiger partial charge in [0.15, 0.2) is 0 Å². The Morgan fingerprint density at radius 3 is 2.68 bits per heavy atom. The molecule has 0 aliphatic carbocycles. The molecule has 0 bridgehead atoms. The molecule has 0 fully saturated rings. The summed E-state index contributed by atoms with van der Waals surface area (Å²) in [5.41, 5.74) is 6.25. The molecule has 0 amide bonds. The van der Waals surface area contributed by atoms with Crippen molar-refractivity contribution in [1.29, 1.82) is 0 Å². The van der Waals surface area contributed by atoms with Gasteiger partial charge in [0.25, 0.3) is 0 Å². The molecule has 130 valence electrons. The minimum absolute atomic E-state index is 0.0195. The molecule has 1 unspecified atom stereocenters. The Hall–Kier alpha value is -2.71. The number of nitrogens with zero attached hydrogens (tertiary/aromatic N) is 1. The minimum Gasteiger partial charge on any atom is -0.497 e. The van der Waals surface area contributed by atoms with Crippen molar-refractivity contribution < 1.29 is 18.7 Å². The monoisotopic (exact) mass is 360 g/mol. The molecule has 25 heavy (non-hydrogen) atoms. The fraction of sp³-hybridized carbons (Fsp3) is 0.235. The predicted octanol–water partition coefficient (Wildman–Crippen LogP) is 2.56. The van der Waals surface area contributed by atoms with Crippen LogP contribution in [-0.4, -0.2) is 18.1 Å². The summed E-state index contributed by atoms with van der Waals surface area (Å²) in [5, 5.41) is 2.27. The largest absolute Gasteiger partial charge is 0.497 e. The third kappa shape index (κ3) is 3.70. The third-order valence-corrected chi connectivity index (χ3v) is 4.55. The van der Waals surface area contributed by atoms with Crippen molar-refractivity contribution in [2.75, 3.05) is 7.11 Å². The predicted molar refractivity (Wildman–Crippen MR) is 93.1 cm³/mol. The number of hydrogen-bond acceptors (Lipinski definition) is 8. The lowest BCUT2D eigenvalue weighted by molar-refractivity contribution is -0.134. The lowest BCUT2D eigenvalue weighted by Crippen LogP contribution is -2.21. The highest BCUT2D eigenvalue weighted by atomic mass is 32.1. The number of thiophene rings is 1. The van der Waals surface area contributed by atoms with Crippen LogP contribution in [0.15, 0.2) is 38.9 Å². The number of aryl methyl sites for hydroxylation is 1. The van der Waals surface area contributed by atoms with Gasteiger partial charge >= 0.3 is 11.6 Å². The number of hydrogen-bond donors (Lipinski definition) is 1. The van der Waals surface area contributed by atoms with Gasteiger partial charge in [-0.2, -0.15) is 0 Å². The Bertz CT molecular complexity index is 961. The van der Waals surface area contributed by atoms with Crippen molar-refractivity contribution in [2.45, 2.75) is 19.4 Å². The summed E-state index contributed by atoms with van der Waals surface area (Å²) in [6.07, 6.45) is -0.169. The van der Waals surface area contributed by atoms with Crippen LogP contribution in [0.25, 0.3) is 10.2 Å². The van der Waals surface area contributed by atoms with E-state index in [1.165, 1.54) is 11.3 Å². The number of ether oxygens (including phenoxy) is 2. The fourth-order valence-electron chi connectivity index (χ4n) is 2.27. The van der Waals surface area contributed by atoms with Crippen LogP contribution in [0.4, 0.5) is 0 Å². The van der Waals surface area contributed by atoms with Gasteiger partial charge in [0.2, 0.25) is 5.89 Å². The van der Waals surface area contributed by atoms with Crippen LogP contribution in [0.2, 0.25) is 0 Å². The van der Waals surface area contributed by atoms with E-state index in [-0.39, 0.29) is 12.3 Å².